The minimum absolute atomic E-state index is 0. The van der Waals surface area contributed by atoms with Crippen LogP contribution in [0.3, 0.4) is 0 Å². The van der Waals surface area contributed by atoms with Crippen molar-refractivity contribution >= 4 is 42.1 Å². The van der Waals surface area contributed by atoms with Crippen molar-refractivity contribution in [3.05, 3.63) is 42.4 Å². The van der Waals surface area contributed by atoms with Crippen LogP contribution >= 0.6 is 24.8 Å². The van der Waals surface area contributed by atoms with Crippen LogP contribution in [0.5, 0.6) is 5.75 Å². The molecule has 0 radical (unpaired) electrons. The fourth-order valence-electron chi connectivity index (χ4n) is 3.82. The molecule has 28 heavy (non-hydrogen) atoms. The van der Waals surface area contributed by atoms with Gasteiger partial charge in [-0.3, -0.25) is 4.79 Å². The Bertz CT molecular complexity index is 756. The second-order valence-corrected chi connectivity index (χ2v) is 6.98. The summed E-state index contributed by atoms with van der Waals surface area (Å²) >= 11 is 0. The lowest BCUT2D eigenvalue weighted by molar-refractivity contribution is 0.0714. The van der Waals surface area contributed by atoms with Crippen LogP contribution < -0.4 is 9.80 Å². The summed E-state index contributed by atoms with van der Waals surface area (Å²) in [7, 11) is 0. The standard InChI is InChI=1S/C20H25N3O3.2ClH/c24-18-7-6-16(21-8-2-1-3-9-21)15-17(18)22-10-12-23(13-11-22)20(25)19-5-4-14-26-19;;/h4-7,14-15,24H,1-3,8-13H2;2*1H. The Morgan fingerprint density at radius 2 is 1.61 bits per heavy atom. The van der Waals surface area contributed by atoms with Gasteiger partial charge in [-0.05, 0) is 49.6 Å². The molecule has 8 heteroatoms. The average molecular weight is 428 g/mol. The minimum atomic E-state index is -0.0686. The molecule has 1 amide bonds. The van der Waals surface area contributed by atoms with Gasteiger partial charge in [0.25, 0.3) is 5.91 Å². The van der Waals surface area contributed by atoms with Crippen molar-refractivity contribution in [3.63, 3.8) is 0 Å². The molecule has 6 nitrogen and oxygen atoms in total. The highest BCUT2D eigenvalue weighted by Crippen LogP contribution is 2.33. The first-order valence-electron chi connectivity index (χ1n) is 9.38. The fourth-order valence-corrected chi connectivity index (χ4v) is 3.82. The lowest BCUT2D eigenvalue weighted by atomic mass is 10.1. The number of rotatable bonds is 3. The third kappa shape index (κ3) is 4.67. The molecule has 2 saturated heterocycles. The minimum Gasteiger partial charge on any atom is -0.506 e. The first-order chi connectivity index (χ1) is 12.7. The highest BCUT2D eigenvalue weighted by molar-refractivity contribution is 5.91. The number of carbonyl (C=O) groups excluding carboxylic acids is 1. The number of hydrogen-bond donors (Lipinski definition) is 1. The van der Waals surface area contributed by atoms with E-state index in [1.54, 1.807) is 23.1 Å². The summed E-state index contributed by atoms with van der Waals surface area (Å²) in [4.78, 5) is 18.7. The number of phenolic OH excluding ortho intramolecular Hbond substituents is 1. The van der Waals surface area contributed by atoms with Gasteiger partial charge in [0.15, 0.2) is 5.76 Å². The molecule has 2 aromatic rings. The summed E-state index contributed by atoms with van der Waals surface area (Å²) in [6.07, 6.45) is 5.27. The SMILES string of the molecule is Cl.Cl.O=C(c1ccco1)N1CCN(c2cc(N3CCCCC3)ccc2O)CC1. The Hall–Kier alpha value is -2.05. The quantitative estimate of drug-likeness (QED) is 0.807. The Kier molecular flexibility index (Phi) is 7.89. The molecule has 0 spiro atoms. The van der Waals surface area contributed by atoms with Crippen LogP contribution in [-0.4, -0.2) is 55.2 Å². The molecule has 0 aliphatic carbocycles. The maximum atomic E-state index is 12.4. The van der Waals surface area contributed by atoms with Crippen LogP contribution in [0.2, 0.25) is 0 Å². The normalized spacial score (nSPS) is 16.9. The first kappa shape index (κ1) is 22.2. The largest absolute Gasteiger partial charge is 0.506 e. The maximum absolute atomic E-state index is 12.4. The van der Waals surface area contributed by atoms with Crippen LogP contribution in [0.4, 0.5) is 11.4 Å². The van der Waals surface area contributed by atoms with E-state index in [-0.39, 0.29) is 30.7 Å². The lowest BCUT2D eigenvalue weighted by Crippen LogP contribution is -2.48. The molecule has 0 bridgehead atoms. The van der Waals surface area contributed by atoms with E-state index < -0.39 is 0 Å². The van der Waals surface area contributed by atoms with E-state index >= 15 is 0 Å². The van der Waals surface area contributed by atoms with Gasteiger partial charge >= 0.3 is 0 Å². The topological polar surface area (TPSA) is 60.2 Å². The van der Waals surface area contributed by atoms with E-state index in [9.17, 15) is 9.90 Å². The molecule has 1 aromatic carbocycles. The molecule has 2 aliphatic rings. The smallest absolute Gasteiger partial charge is 0.289 e. The number of piperidine rings is 1. The van der Waals surface area contributed by atoms with E-state index in [0.29, 0.717) is 37.7 Å². The number of aromatic hydroxyl groups is 1. The molecule has 1 N–H and O–H groups in total. The highest BCUT2D eigenvalue weighted by Gasteiger charge is 2.25. The van der Waals surface area contributed by atoms with E-state index in [1.165, 1.54) is 31.2 Å². The number of anilines is 2. The summed E-state index contributed by atoms with van der Waals surface area (Å²) in [5.74, 6) is 0.617. The van der Waals surface area contributed by atoms with Gasteiger partial charge in [-0.1, -0.05) is 0 Å². The number of furan rings is 1. The molecule has 4 rings (SSSR count). The average Bonchev–Trinajstić information content (AvgIpc) is 3.23. The molecule has 3 heterocycles. The Morgan fingerprint density at radius 1 is 0.893 bits per heavy atom. The lowest BCUT2D eigenvalue weighted by Gasteiger charge is -2.37. The zero-order valence-electron chi connectivity index (χ0n) is 15.7. The zero-order valence-corrected chi connectivity index (χ0v) is 17.4. The van der Waals surface area contributed by atoms with Gasteiger partial charge in [-0.15, -0.1) is 24.8 Å². The third-order valence-corrected chi connectivity index (χ3v) is 5.32. The van der Waals surface area contributed by atoms with Crippen molar-refractivity contribution in [2.24, 2.45) is 0 Å². The van der Waals surface area contributed by atoms with Crippen molar-refractivity contribution in [2.75, 3.05) is 49.1 Å². The monoisotopic (exact) mass is 427 g/mol. The van der Waals surface area contributed by atoms with E-state index in [0.717, 1.165) is 18.8 Å². The summed E-state index contributed by atoms with van der Waals surface area (Å²) in [5, 5.41) is 10.4. The summed E-state index contributed by atoms with van der Waals surface area (Å²) < 4.78 is 5.21. The molecular formula is C20H27Cl2N3O3. The van der Waals surface area contributed by atoms with E-state index in [4.69, 9.17) is 4.42 Å². The van der Waals surface area contributed by atoms with Crippen molar-refractivity contribution in [1.29, 1.82) is 0 Å². The molecular weight excluding hydrogens is 401 g/mol. The van der Waals surface area contributed by atoms with Crippen LogP contribution in [0.25, 0.3) is 0 Å². The third-order valence-electron chi connectivity index (χ3n) is 5.32. The highest BCUT2D eigenvalue weighted by atomic mass is 35.5. The van der Waals surface area contributed by atoms with Gasteiger partial charge in [0.2, 0.25) is 0 Å². The number of nitrogens with zero attached hydrogens (tertiary/aromatic N) is 3. The van der Waals surface area contributed by atoms with Crippen molar-refractivity contribution in [2.45, 2.75) is 19.3 Å². The van der Waals surface area contributed by atoms with Crippen LogP contribution in [0, 0.1) is 0 Å². The summed E-state index contributed by atoms with van der Waals surface area (Å²) in [6.45, 7) is 4.79. The first-order valence-corrected chi connectivity index (χ1v) is 9.38. The molecule has 0 atom stereocenters. The van der Waals surface area contributed by atoms with Crippen molar-refractivity contribution in [1.82, 2.24) is 4.90 Å². The number of hydrogen-bond acceptors (Lipinski definition) is 5. The number of amides is 1. The van der Waals surface area contributed by atoms with E-state index in [1.807, 2.05) is 6.07 Å². The fraction of sp³-hybridized carbons (Fsp3) is 0.450. The second kappa shape index (κ2) is 9.94. The van der Waals surface area contributed by atoms with Gasteiger partial charge in [0.05, 0.1) is 12.0 Å². The summed E-state index contributed by atoms with van der Waals surface area (Å²) in [6, 6.07) is 9.31. The number of piperazine rings is 1. The maximum Gasteiger partial charge on any atom is 0.289 e. The van der Waals surface area contributed by atoms with E-state index in [2.05, 4.69) is 15.9 Å². The van der Waals surface area contributed by atoms with Crippen molar-refractivity contribution < 1.29 is 14.3 Å². The van der Waals surface area contributed by atoms with Gasteiger partial charge in [-0.25, -0.2) is 0 Å². The number of halogens is 2. The Balaban J connectivity index is 0.00000140. The Labute approximate surface area is 177 Å². The van der Waals surface area contributed by atoms with Crippen LogP contribution in [0.1, 0.15) is 29.8 Å². The van der Waals surface area contributed by atoms with Gasteiger partial charge in [-0.2, -0.15) is 0 Å². The zero-order chi connectivity index (χ0) is 17.9. The summed E-state index contributed by atoms with van der Waals surface area (Å²) in [5.41, 5.74) is 2.03. The molecule has 1 aromatic heterocycles. The Morgan fingerprint density at radius 3 is 2.25 bits per heavy atom. The molecule has 2 fully saturated rings. The molecule has 0 unspecified atom stereocenters. The second-order valence-electron chi connectivity index (χ2n) is 6.98. The molecule has 154 valence electrons. The number of carbonyl (C=O) groups is 1. The molecule has 0 saturated carbocycles. The predicted molar refractivity (Wildman–Crippen MR) is 115 cm³/mol. The van der Waals surface area contributed by atoms with Gasteiger partial charge in [0, 0.05) is 45.0 Å². The van der Waals surface area contributed by atoms with Crippen molar-refractivity contribution in [3.8, 4) is 5.75 Å². The van der Waals surface area contributed by atoms with Gasteiger partial charge < -0.3 is 24.2 Å². The molecule has 2 aliphatic heterocycles. The number of phenols is 1. The van der Waals surface area contributed by atoms with Crippen LogP contribution in [0.15, 0.2) is 41.0 Å². The number of benzene rings is 1. The predicted octanol–water partition coefficient (Wildman–Crippen LogP) is 3.78. The van der Waals surface area contributed by atoms with Gasteiger partial charge in [0.1, 0.15) is 5.75 Å². The van der Waals surface area contributed by atoms with Crippen LogP contribution in [-0.2, 0) is 0 Å².